The summed E-state index contributed by atoms with van der Waals surface area (Å²) in [5.41, 5.74) is -2.17. The molecule has 1 heterocycles. The molecule has 0 aliphatic heterocycles. The molecule has 0 amide bonds. The zero-order valence-electron chi connectivity index (χ0n) is 10.1. The van der Waals surface area contributed by atoms with Crippen LogP contribution in [-0.2, 0) is 6.18 Å². The quantitative estimate of drug-likeness (QED) is 0.801. The lowest BCUT2D eigenvalue weighted by Gasteiger charge is -2.10. The molecule has 0 aliphatic rings. The van der Waals surface area contributed by atoms with Gasteiger partial charge in [-0.1, -0.05) is 6.92 Å². The van der Waals surface area contributed by atoms with Gasteiger partial charge in [-0.3, -0.25) is 0 Å². The molecule has 1 aromatic heterocycles. The summed E-state index contributed by atoms with van der Waals surface area (Å²) in [7, 11) is 0. The number of rotatable bonds is 3. The zero-order valence-corrected chi connectivity index (χ0v) is 10.1. The SMILES string of the molecule is CCCOc1ccc2c(C(F)(F)F)cc(=O)oc2c1. The van der Waals surface area contributed by atoms with Gasteiger partial charge < -0.3 is 9.15 Å². The molecular weight excluding hydrogens is 261 g/mol. The topological polar surface area (TPSA) is 39.4 Å². The first-order chi connectivity index (χ1) is 8.91. The molecule has 2 rings (SSSR count). The number of halogens is 3. The normalized spacial score (nSPS) is 11.8. The summed E-state index contributed by atoms with van der Waals surface area (Å²) in [4.78, 5) is 11.2. The average molecular weight is 272 g/mol. The fourth-order valence-electron chi connectivity index (χ4n) is 1.69. The van der Waals surface area contributed by atoms with Crippen LogP contribution in [0.25, 0.3) is 11.0 Å². The van der Waals surface area contributed by atoms with Crippen molar-refractivity contribution >= 4 is 11.0 Å². The molecule has 19 heavy (non-hydrogen) atoms. The summed E-state index contributed by atoms with van der Waals surface area (Å²) in [6.45, 7) is 2.34. The number of hydrogen-bond acceptors (Lipinski definition) is 3. The largest absolute Gasteiger partial charge is 0.493 e. The summed E-state index contributed by atoms with van der Waals surface area (Å²) >= 11 is 0. The van der Waals surface area contributed by atoms with E-state index in [-0.39, 0.29) is 11.0 Å². The molecule has 102 valence electrons. The maximum absolute atomic E-state index is 12.8. The van der Waals surface area contributed by atoms with Gasteiger partial charge in [0.15, 0.2) is 0 Å². The number of hydrogen-bond donors (Lipinski definition) is 0. The standard InChI is InChI=1S/C13H11F3O3/c1-2-5-18-8-3-4-9-10(13(14,15)16)7-12(17)19-11(9)6-8/h3-4,6-7H,2,5H2,1H3. The van der Waals surface area contributed by atoms with Crippen molar-refractivity contribution in [1.82, 2.24) is 0 Å². The Hall–Kier alpha value is -1.98. The first kappa shape index (κ1) is 13.5. The van der Waals surface area contributed by atoms with E-state index in [9.17, 15) is 18.0 Å². The van der Waals surface area contributed by atoms with Crippen molar-refractivity contribution in [3.05, 3.63) is 40.2 Å². The summed E-state index contributed by atoms with van der Waals surface area (Å²) in [5, 5.41) is -0.157. The van der Waals surface area contributed by atoms with Gasteiger partial charge >= 0.3 is 11.8 Å². The van der Waals surface area contributed by atoms with Gasteiger partial charge in [0.2, 0.25) is 0 Å². The smallest absolute Gasteiger partial charge is 0.417 e. The Bertz CT molecular complexity index is 644. The monoisotopic (exact) mass is 272 g/mol. The predicted molar refractivity (Wildman–Crippen MR) is 63.3 cm³/mol. The van der Waals surface area contributed by atoms with E-state index < -0.39 is 17.4 Å². The molecule has 0 atom stereocenters. The predicted octanol–water partition coefficient (Wildman–Crippen LogP) is 3.60. The van der Waals surface area contributed by atoms with Crippen molar-refractivity contribution in [2.75, 3.05) is 6.61 Å². The molecule has 3 nitrogen and oxygen atoms in total. The van der Waals surface area contributed by atoms with Crippen LogP contribution in [0.3, 0.4) is 0 Å². The Morgan fingerprint density at radius 2 is 2.00 bits per heavy atom. The van der Waals surface area contributed by atoms with Crippen LogP contribution in [-0.4, -0.2) is 6.61 Å². The van der Waals surface area contributed by atoms with E-state index in [1.165, 1.54) is 18.2 Å². The highest BCUT2D eigenvalue weighted by Gasteiger charge is 2.33. The Kier molecular flexibility index (Phi) is 3.50. The van der Waals surface area contributed by atoms with Gasteiger partial charge in [-0.25, -0.2) is 4.79 Å². The number of alkyl halides is 3. The lowest BCUT2D eigenvalue weighted by molar-refractivity contribution is -0.136. The minimum absolute atomic E-state index is 0.131. The van der Waals surface area contributed by atoms with Crippen molar-refractivity contribution in [2.24, 2.45) is 0 Å². The van der Waals surface area contributed by atoms with Crippen LogP contribution in [0.5, 0.6) is 5.75 Å². The fraction of sp³-hybridized carbons (Fsp3) is 0.308. The molecule has 0 N–H and O–H groups in total. The zero-order chi connectivity index (χ0) is 14.0. The molecule has 0 fully saturated rings. The molecule has 2 aromatic rings. The third-order valence-corrected chi connectivity index (χ3v) is 2.49. The Labute approximate surface area is 106 Å². The highest BCUT2D eigenvalue weighted by molar-refractivity contribution is 5.82. The number of fused-ring (bicyclic) bond motifs is 1. The maximum Gasteiger partial charge on any atom is 0.417 e. The Morgan fingerprint density at radius 3 is 2.63 bits per heavy atom. The van der Waals surface area contributed by atoms with Gasteiger partial charge in [-0.05, 0) is 18.6 Å². The van der Waals surface area contributed by atoms with Crippen LogP contribution in [0.15, 0.2) is 33.5 Å². The Morgan fingerprint density at radius 1 is 1.26 bits per heavy atom. The molecule has 0 spiro atoms. The second-order valence-electron chi connectivity index (χ2n) is 3.98. The molecule has 1 aromatic carbocycles. The van der Waals surface area contributed by atoms with Crippen LogP contribution in [0.1, 0.15) is 18.9 Å². The molecule has 6 heteroatoms. The first-order valence-corrected chi connectivity index (χ1v) is 5.69. The van der Waals surface area contributed by atoms with Crippen molar-refractivity contribution in [3.63, 3.8) is 0 Å². The van der Waals surface area contributed by atoms with E-state index in [0.717, 1.165) is 6.42 Å². The van der Waals surface area contributed by atoms with Crippen molar-refractivity contribution in [2.45, 2.75) is 19.5 Å². The second kappa shape index (κ2) is 4.95. The number of ether oxygens (including phenoxy) is 1. The minimum atomic E-state index is -4.60. The van der Waals surface area contributed by atoms with E-state index in [2.05, 4.69) is 0 Å². The van der Waals surface area contributed by atoms with Crippen LogP contribution < -0.4 is 10.4 Å². The summed E-state index contributed by atoms with van der Waals surface area (Å²) in [6, 6.07) is 4.41. The molecule has 0 bridgehead atoms. The molecule has 0 saturated heterocycles. The maximum atomic E-state index is 12.8. The molecule has 0 radical (unpaired) electrons. The second-order valence-corrected chi connectivity index (χ2v) is 3.98. The first-order valence-electron chi connectivity index (χ1n) is 5.69. The highest BCUT2D eigenvalue weighted by atomic mass is 19.4. The summed E-state index contributed by atoms with van der Waals surface area (Å²) in [5.74, 6) is 0.372. The molecular formula is C13H11F3O3. The fourth-order valence-corrected chi connectivity index (χ4v) is 1.69. The minimum Gasteiger partial charge on any atom is -0.493 e. The summed E-state index contributed by atoms with van der Waals surface area (Å²) in [6.07, 6.45) is -3.83. The van der Waals surface area contributed by atoms with Gasteiger partial charge in [-0.15, -0.1) is 0 Å². The Balaban J connectivity index is 2.58. The van der Waals surface area contributed by atoms with Crippen LogP contribution in [0, 0.1) is 0 Å². The third kappa shape index (κ3) is 2.89. The summed E-state index contributed by atoms with van der Waals surface area (Å²) < 4.78 is 48.4. The molecule has 0 aliphatic carbocycles. The lowest BCUT2D eigenvalue weighted by Crippen LogP contribution is -2.11. The van der Waals surface area contributed by atoms with Crippen LogP contribution in [0.4, 0.5) is 13.2 Å². The van der Waals surface area contributed by atoms with Crippen molar-refractivity contribution in [3.8, 4) is 5.75 Å². The van der Waals surface area contributed by atoms with Gasteiger partial charge in [-0.2, -0.15) is 13.2 Å². The van der Waals surface area contributed by atoms with E-state index >= 15 is 0 Å². The van der Waals surface area contributed by atoms with Crippen molar-refractivity contribution < 1.29 is 22.3 Å². The van der Waals surface area contributed by atoms with Crippen molar-refractivity contribution in [1.29, 1.82) is 0 Å². The highest BCUT2D eigenvalue weighted by Crippen LogP contribution is 2.34. The molecule has 0 unspecified atom stereocenters. The average Bonchev–Trinajstić information content (AvgIpc) is 2.33. The number of benzene rings is 1. The lowest BCUT2D eigenvalue weighted by atomic mass is 10.1. The van der Waals surface area contributed by atoms with Gasteiger partial charge in [0.25, 0.3) is 0 Å². The van der Waals surface area contributed by atoms with Crippen LogP contribution in [0.2, 0.25) is 0 Å². The van der Waals surface area contributed by atoms with E-state index in [0.29, 0.717) is 18.4 Å². The van der Waals surface area contributed by atoms with Gasteiger partial charge in [0.1, 0.15) is 11.3 Å². The van der Waals surface area contributed by atoms with Gasteiger partial charge in [0, 0.05) is 17.5 Å². The molecule has 0 saturated carbocycles. The van der Waals surface area contributed by atoms with E-state index in [1.807, 2.05) is 6.92 Å². The van der Waals surface area contributed by atoms with Gasteiger partial charge in [0.05, 0.1) is 12.2 Å². The van der Waals surface area contributed by atoms with E-state index in [4.69, 9.17) is 9.15 Å². The third-order valence-electron chi connectivity index (χ3n) is 2.49. The van der Waals surface area contributed by atoms with E-state index in [1.54, 1.807) is 0 Å². The van der Waals surface area contributed by atoms with Crippen LogP contribution >= 0.6 is 0 Å².